The lowest BCUT2D eigenvalue weighted by Gasteiger charge is -2.56. The van der Waals surface area contributed by atoms with Crippen molar-refractivity contribution >= 4 is 54.5 Å². The van der Waals surface area contributed by atoms with E-state index in [1.807, 2.05) is 24.3 Å². The molecule has 0 amide bonds. The number of nitrogens with zero attached hydrogens (tertiary/aromatic N) is 1. The summed E-state index contributed by atoms with van der Waals surface area (Å²) in [6.07, 6.45) is 10.5. The number of Topliss-reactive ketones (excluding diaryl/α,β-unsaturated/α-hetero) is 1. The number of allylic oxidation sites excluding steroid dienone is 2. The van der Waals surface area contributed by atoms with Crippen LogP contribution in [-0.4, -0.2) is 18.4 Å². The normalized spacial score (nSPS) is 22.5. The fourth-order valence-corrected chi connectivity index (χ4v) is 8.63. The molecular formula is C38H33Br2NO. The average Bonchev–Trinajstić information content (AvgIpc) is 3.22. The van der Waals surface area contributed by atoms with Crippen molar-refractivity contribution in [1.82, 2.24) is 0 Å². The van der Waals surface area contributed by atoms with Crippen LogP contribution in [0.2, 0.25) is 0 Å². The third-order valence-corrected chi connectivity index (χ3v) is 11.0. The van der Waals surface area contributed by atoms with Gasteiger partial charge in [-0.1, -0.05) is 124 Å². The van der Waals surface area contributed by atoms with Gasteiger partial charge in [-0.2, -0.15) is 0 Å². The predicted molar refractivity (Wildman–Crippen MR) is 181 cm³/mol. The molecular weight excluding hydrogens is 646 g/mol. The first-order valence-electron chi connectivity index (χ1n) is 14.8. The molecule has 0 unspecified atom stereocenters. The molecule has 1 saturated carbocycles. The van der Waals surface area contributed by atoms with Crippen LogP contribution in [0, 0.1) is 5.92 Å². The number of rotatable bonds is 4. The van der Waals surface area contributed by atoms with E-state index in [2.05, 4.69) is 135 Å². The smallest absolute Gasteiger partial charge is 0.173 e. The van der Waals surface area contributed by atoms with Crippen molar-refractivity contribution < 1.29 is 4.79 Å². The zero-order chi connectivity index (χ0) is 28.9. The van der Waals surface area contributed by atoms with Gasteiger partial charge in [0.05, 0.1) is 11.5 Å². The Hall–Kier alpha value is -3.21. The SMILES string of the molecule is CN1c2ccccc2C2(CCCCC2)[C@@]12C=C(c1ccc(Br)cc1)C=C(c1ccccc1)[C@H]2C(=O)c1ccc(Br)cc1. The van der Waals surface area contributed by atoms with Crippen molar-refractivity contribution in [3.05, 3.63) is 146 Å². The Bertz CT molecular complexity index is 1700. The van der Waals surface area contributed by atoms with E-state index < -0.39 is 11.5 Å². The van der Waals surface area contributed by atoms with E-state index in [0.717, 1.165) is 56.9 Å². The Labute approximate surface area is 265 Å². The Kier molecular flexibility index (Phi) is 7.11. The molecule has 1 aliphatic heterocycles. The van der Waals surface area contributed by atoms with Crippen LogP contribution in [0.15, 0.2) is 124 Å². The van der Waals surface area contributed by atoms with Gasteiger partial charge in [0.25, 0.3) is 0 Å². The van der Waals surface area contributed by atoms with Crippen LogP contribution in [0.3, 0.4) is 0 Å². The second-order valence-corrected chi connectivity index (χ2v) is 13.8. The van der Waals surface area contributed by atoms with Crippen LogP contribution in [0.1, 0.15) is 59.2 Å². The van der Waals surface area contributed by atoms with Crippen molar-refractivity contribution in [3.8, 4) is 0 Å². The molecule has 0 radical (unpaired) electrons. The molecule has 42 heavy (non-hydrogen) atoms. The summed E-state index contributed by atoms with van der Waals surface area (Å²) >= 11 is 7.21. The highest BCUT2D eigenvalue weighted by Crippen LogP contribution is 2.64. The maximum Gasteiger partial charge on any atom is 0.173 e. The Morgan fingerprint density at radius 3 is 2.05 bits per heavy atom. The number of anilines is 1. The maximum atomic E-state index is 15.1. The molecule has 1 fully saturated rings. The van der Waals surface area contributed by atoms with Crippen molar-refractivity contribution in [2.24, 2.45) is 5.92 Å². The van der Waals surface area contributed by atoms with Crippen LogP contribution in [0.25, 0.3) is 11.1 Å². The molecule has 4 aromatic carbocycles. The zero-order valence-corrected chi connectivity index (χ0v) is 26.9. The fraction of sp³-hybridized carbons (Fsp3) is 0.237. The summed E-state index contributed by atoms with van der Waals surface area (Å²) in [4.78, 5) is 17.6. The summed E-state index contributed by atoms with van der Waals surface area (Å²) in [6, 6.07) is 36.0. The molecule has 3 aliphatic rings. The number of halogens is 2. The van der Waals surface area contributed by atoms with Crippen LogP contribution in [-0.2, 0) is 5.41 Å². The van der Waals surface area contributed by atoms with Crippen molar-refractivity contribution in [3.63, 3.8) is 0 Å². The first-order valence-corrected chi connectivity index (χ1v) is 16.4. The van der Waals surface area contributed by atoms with Gasteiger partial charge >= 0.3 is 0 Å². The number of benzene rings is 4. The second-order valence-electron chi connectivity index (χ2n) is 11.9. The topological polar surface area (TPSA) is 20.3 Å². The van der Waals surface area contributed by atoms with Gasteiger partial charge in [-0.3, -0.25) is 4.79 Å². The Morgan fingerprint density at radius 1 is 0.738 bits per heavy atom. The van der Waals surface area contributed by atoms with Crippen LogP contribution < -0.4 is 4.90 Å². The Morgan fingerprint density at radius 2 is 1.36 bits per heavy atom. The molecule has 210 valence electrons. The van der Waals surface area contributed by atoms with E-state index >= 15 is 4.79 Å². The summed E-state index contributed by atoms with van der Waals surface area (Å²) < 4.78 is 2.03. The third-order valence-electron chi connectivity index (χ3n) is 9.92. The lowest BCUT2D eigenvalue weighted by atomic mass is 9.51. The van der Waals surface area contributed by atoms with E-state index in [9.17, 15) is 0 Å². The minimum absolute atomic E-state index is 0.174. The molecule has 2 nitrogen and oxygen atoms in total. The van der Waals surface area contributed by atoms with E-state index in [0.29, 0.717) is 0 Å². The van der Waals surface area contributed by atoms with Crippen LogP contribution in [0.5, 0.6) is 0 Å². The summed E-state index contributed by atoms with van der Waals surface area (Å²) in [7, 11) is 2.23. The summed E-state index contributed by atoms with van der Waals surface area (Å²) in [5, 5.41) is 0. The molecule has 7 rings (SSSR count). The number of carbonyl (C=O) groups is 1. The lowest BCUT2D eigenvalue weighted by molar-refractivity contribution is 0.0841. The number of likely N-dealkylation sites (N-methyl/N-ethyl adjacent to an activating group) is 1. The quantitative estimate of drug-likeness (QED) is 0.200. The standard InChI is InChI=1S/C38H33Br2NO/c1-41-34-13-7-6-12-33(34)37(22-8-3-9-23-37)38(41)25-29(26-14-18-30(39)19-15-26)24-32(27-10-4-2-5-11-27)35(38)36(42)28-16-20-31(40)21-17-28/h2,4-7,10-21,24-25,35H,3,8-9,22-23H2,1H3/t35-,38-/m0/s1. The van der Waals surface area contributed by atoms with Gasteiger partial charge in [-0.15, -0.1) is 0 Å². The fourth-order valence-electron chi connectivity index (χ4n) is 8.10. The van der Waals surface area contributed by atoms with E-state index in [1.165, 1.54) is 23.2 Å². The minimum Gasteiger partial charge on any atom is -0.363 e. The number of ketones is 1. The highest BCUT2D eigenvalue weighted by Gasteiger charge is 2.65. The van der Waals surface area contributed by atoms with E-state index in [4.69, 9.17) is 0 Å². The summed E-state index contributed by atoms with van der Waals surface area (Å²) in [6.45, 7) is 0. The average molecular weight is 679 g/mol. The van der Waals surface area contributed by atoms with Gasteiger partial charge in [-0.25, -0.2) is 0 Å². The number of carbonyl (C=O) groups excluding carboxylic acids is 1. The predicted octanol–water partition coefficient (Wildman–Crippen LogP) is 10.3. The van der Waals surface area contributed by atoms with Crippen LogP contribution in [0.4, 0.5) is 5.69 Å². The van der Waals surface area contributed by atoms with Gasteiger partial charge in [0.15, 0.2) is 5.78 Å². The summed E-state index contributed by atoms with van der Waals surface area (Å²) in [5.41, 5.74) is 7.14. The van der Waals surface area contributed by atoms with Crippen LogP contribution >= 0.6 is 31.9 Å². The van der Waals surface area contributed by atoms with Crippen molar-refractivity contribution in [2.45, 2.75) is 43.1 Å². The molecule has 4 aromatic rings. The molecule has 1 heterocycles. The van der Waals surface area contributed by atoms with Gasteiger partial charge in [0.2, 0.25) is 0 Å². The third kappa shape index (κ3) is 4.21. The molecule has 0 saturated heterocycles. The monoisotopic (exact) mass is 677 g/mol. The zero-order valence-electron chi connectivity index (χ0n) is 23.7. The molecule has 0 aromatic heterocycles. The first-order chi connectivity index (χ1) is 20.4. The van der Waals surface area contributed by atoms with Gasteiger partial charge < -0.3 is 4.90 Å². The lowest BCUT2D eigenvalue weighted by Crippen LogP contribution is -2.63. The highest BCUT2D eigenvalue weighted by atomic mass is 79.9. The first kappa shape index (κ1) is 27.6. The van der Waals surface area contributed by atoms with Gasteiger partial charge in [-0.05, 0) is 83.2 Å². The highest BCUT2D eigenvalue weighted by molar-refractivity contribution is 9.10. The minimum atomic E-state index is -0.580. The molecule has 2 atom stereocenters. The number of fused-ring (bicyclic) bond motifs is 3. The van der Waals surface area contributed by atoms with Gasteiger partial charge in [0, 0.05) is 32.7 Å². The van der Waals surface area contributed by atoms with Crippen molar-refractivity contribution in [1.29, 1.82) is 0 Å². The summed E-state index contributed by atoms with van der Waals surface area (Å²) in [5.74, 6) is -0.218. The van der Waals surface area contributed by atoms with Crippen molar-refractivity contribution in [2.75, 3.05) is 11.9 Å². The number of para-hydroxylation sites is 1. The Balaban J connectivity index is 1.57. The second kappa shape index (κ2) is 10.8. The molecule has 4 heteroatoms. The van der Waals surface area contributed by atoms with Gasteiger partial charge in [0.1, 0.15) is 0 Å². The molecule has 0 bridgehead atoms. The number of hydrogen-bond donors (Lipinski definition) is 0. The number of hydrogen-bond acceptors (Lipinski definition) is 2. The molecule has 2 aliphatic carbocycles. The van der Waals surface area contributed by atoms with E-state index in [-0.39, 0.29) is 11.2 Å². The maximum absolute atomic E-state index is 15.1. The molecule has 2 spiro atoms. The largest absolute Gasteiger partial charge is 0.363 e. The molecule has 0 N–H and O–H groups in total. The van der Waals surface area contributed by atoms with E-state index in [1.54, 1.807) is 0 Å².